The molecule has 4 heteroatoms. The molecular weight excluding hydrogens is 261 g/mol. The second-order valence-corrected chi connectivity index (χ2v) is 5.26. The monoisotopic (exact) mass is 271 g/mol. The van der Waals surface area contributed by atoms with Crippen LogP contribution < -0.4 is 25.9 Å². The molecule has 0 saturated carbocycles. The Morgan fingerprint density at radius 1 is 0.667 bits per heavy atom. The Morgan fingerprint density at radius 3 is 1.76 bits per heavy atom. The number of para-hydroxylation sites is 2. The number of benzene rings is 2. The van der Waals surface area contributed by atoms with Gasteiger partial charge in [0, 0.05) is 5.46 Å². The molecule has 3 nitrogen and oxygen atoms in total. The molecule has 0 unspecified atom stereocenters. The van der Waals surface area contributed by atoms with Gasteiger partial charge >= 0.3 is 0 Å². The largest absolute Gasteiger partial charge is 0.457 e. The van der Waals surface area contributed by atoms with E-state index in [1.54, 1.807) is 12.4 Å². The molecule has 1 aromatic heterocycles. The van der Waals surface area contributed by atoms with Crippen molar-refractivity contribution in [3.63, 3.8) is 0 Å². The topological polar surface area (TPSA) is 31.4 Å². The Bertz CT molecular complexity index is 810. The summed E-state index contributed by atoms with van der Waals surface area (Å²) in [6, 6.07) is 16.3. The molecule has 0 bridgehead atoms. The lowest BCUT2D eigenvalue weighted by Crippen LogP contribution is -2.57. The molecule has 2 aromatic carbocycles. The van der Waals surface area contributed by atoms with Crippen LogP contribution in [0.5, 0.6) is 23.0 Å². The summed E-state index contributed by atoms with van der Waals surface area (Å²) in [4.78, 5) is 4.23. The van der Waals surface area contributed by atoms with Crippen LogP contribution in [0.4, 0.5) is 0 Å². The lowest BCUT2D eigenvalue weighted by Gasteiger charge is -2.32. The first-order chi connectivity index (χ1) is 10.4. The van der Waals surface area contributed by atoms with Gasteiger partial charge in [-0.05, 0) is 23.1 Å². The predicted molar refractivity (Wildman–Crippen MR) is 81.9 cm³/mol. The fourth-order valence-corrected chi connectivity index (χ4v) is 3.22. The zero-order valence-corrected chi connectivity index (χ0v) is 11.1. The molecule has 98 valence electrons. The van der Waals surface area contributed by atoms with Gasteiger partial charge in [0.2, 0.25) is 0 Å². The van der Waals surface area contributed by atoms with E-state index in [2.05, 4.69) is 17.1 Å². The maximum Gasteiger partial charge on any atom is 0.260 e. The molecule has 0 atom stereocenters. The van der Waals surface area contributed by atoms with Gasteiger partial charge in [0.25, 0.3) is 6.71 Å². The third-order valence-corrected chi connectivity index (χ3v) is 4.10. The fourth-order valence-electron chi connectivity index (χ4n) is 3.22. The van der Waals surface area contributed by atoms with E-state index < -0.39 is 0 Å². The number of pyridine rings is 1. The molecule has 0 fully saturated rings. The van der Waals surface area contributed by atoms with Crippen LogP contribution in [-0.4, -0.2) is 11.7 Å². The lowest BCUT2D eigenvalue weighted by atomic mass is 9.35. The second kappa shape index (κ2) is 3.89. The number of hydrogen-bond donors (Lipinski definition) is 0. The molecule has 0 aliphatic carbocycles. The number of nitrogens with zero attached hydrogens (tertiary/aromatic N) is 1. The number of aromatic nitrogens is 1. The van der Waals surface area contributed by atoms with Crippen LogP contribution >= 0.6 is 0 Å². The summed E-state index contributed by atoms with van der Waals surface area (Å²) in [5.41, 5.74) is 3.42. The summed E-state index contributed by atoms with van der Waals surface area (Å²) in [7, 11) is 0. The maximum absolute atomic E-state index is 6.00. The molecule has 3 heterocycles. The number of hydrogen-bond acceptors (Lipinski definition) is 3. The minimum Gasteiger partial charge on any atom is -0.457 e. The molecule has 3 aromatic rings. The number of ether oxygens (including phenoxy) is 2. The molecule has 0 N–H and O–H groups in total. The van der Waals surface area contributed by atoms with Crippen LogP contribution in [0.1, 0.15) is 0 Å². The average molecular weight is 271 g/mol. The van der Waals surface area contributed by atoms with Crippen molar-refractivity contribution in [1.29, 1.82) is 0 Å². The third kappa shape index (κ3) is 1.42. The fraction of sp³-hybridized carbons (Fsp3) is 0. The normalized spacial score (nSPS) is 13.4. The zero-order chi connectivity index (χ0) is 13.8. The van der Waals surface area contributed by atoms with Crippen LogP contribution in [0, 0.1) is 0 Å². The van der Waals surface area contributed by atoms with Crippen molar-refractivity contribution in [2.24, 2.45) is 0 Å². The van der Waals surface area contributed by atoms with Crippen LogP contribution in [-0.2, 0) is 0 Å². The Kier molecular flexibility index (Phi) is 2.03. The molecule has 0 saturated heterocycles. The molecule has 21 heavy (non-hydrogen) atoms. The summed E-state index contributed by atoms with van der Waals surface area (Å²) in [5, 5.41) is 0. The van der Waals surface area contributed by atoms with E-state index in [1.165, 1.54) is 10.9 Å². The van der Waals surface area contributed by atoms with Crippen LogP contribution in [0.25, 0.3) is 0 Å². The van der Waals surface area contributed by atoms with E-state index in [0.29, 0.717) is 0 Å². The van der Waals surface area contributed by atoms with Gasteiger partial charge in [-0.15, -0.1) is 0 Å². The van der Waals surface area contributed by atoms with Gasteiger partial charge in [0.1, 0.15) is 23.0 Å². The minimum absolute atomic E-state index is 0.146. The zero-order valence-electron chi connectivity index (χ0n) is 11.1. The van der Waals surface area contributed by atoms with Crippen molar-refractivity contribution < 1.29 is 9.47 Å². The van der Waals surface area contributed by atoms with Crippen molar-refractivity contribution in [1.82, 2.24) is 4.98 Å². The molecule has 5 rings (SSSR count). The Labute approximate surface area is 122 Å². The highest BCUT2D eigenvalue weighted by atomic mass is 16.5. The van der Waals surface area contributed by atoms with Gasteiger partial charge < -0.3 is 9.47 Å². The van der Waals surface area contributed by atoms with E-state index in [-0.39, 0.29) is 6.71 Å². The van der Waals surface area contributed by atoms with Crippen molar-refractivity contribution >= 4 is 23.1 Å². The summed E-state index contributed by atoms with van der Waals surface area (Å²) in [6.07, 6.45) is 3.53. The van der Waals surface area contributed by atoms with Crippen molar-refractivity contribution in [3.8, 4) is 23.0 Å². The van der Waals surface area contributed by atoms with Crippen LogP contribution in [0.2, 0.25) is 0 Å². The van der Waals surface area contributed by atoms with Gasteiger partial charge in [0.05, 0.1) is 12.4 Å². The minimum atomic E-state index is 0.146. The number of fused-ring (bicyclic) bond motifs is 4. The van der Waals surface area contributed by atoms with Gasteiger partial charge in [0.15, 0.2) is 0 Å². The first kappa shape index (κ1) is 11.0. The first-order valence-corrected chi connectivity index (χ1v) is 6.93. The van der Waals surface area contributed by atoms with Crippen LogP contribution in [0.15, 0.2) is 60.9 Å². The number of rotatable bonds is 0. The summed E-state index contributed by atoms with van der Waals surface area (Å²) in [5.74, 6) is 3.35. The highest BCUT2D eigenvalue weighted by molar-refractivity contribution is 6.98. The van der Waals surface area contributed by atoms with E-state index >= 15 is 0 Å². The third-order valence-electron chi connectivity index (χ3n) is 4.10. The summed E-state index contributed by atoms with van der Waals surface area (Å²) in [6.45, 7) is 0.146. The second-order valence-electron chi connectivity index (χ2n) is 5.26. The molecule has 0 spiro atoms. The quantitative estimate of drug-likeness (QED) is 0.402. The Morgan fingerprint density at radius 2 is 1.19 bits per heavy atom. The highest BCUT2D eigenvalue weighted by Gasteiger charge is 2.39. The Balaban J connectivity index is 1.88. The lowest BCUT2D eigenvalue weighted by molar-refractivity contribution is 0.460. The highest BCUT2D eigenvalue weighted by Crippen LogP contribution is 2.32. The molecule has 0 amide bonds. The van der Waals surface area contributed by atoms with Crippen molar-refractivity contribution in [3.05, 3.63) is 60.9 Å². The van der Waals surface area contributed by atoms with Gasteiger partial charge in [-0.1, -0.05) is 36.4 Å². The van der Waals surface area contributed by atoms with Crippen molar-refractivity contribution in [2.75, 3.05) is 0 Å². The van der Waals surface area contributed by atoms with E-state index in [0.717, 1.165) is 28.5 Å². The summed E-state index contributed by atoms with van der Waals surface area (Å²) >= 11 is 0. The van der Waals surface area contributed by atoms with E-state index in [4.69, 9.17) is 9.47 Å². The van der Waals surface area contributed by atoms with Crippen molar-refractivity contribution in [2.45, 2.75) is 0 Å². The Hall–Kier alpha value is -2.75. The maximum atomic E-state index is 6.00. The van der Waals surface area contributed by atoms with Gasteiger partial charge in [-0.2, -0.15) is 0 Å². The van der Waals surface area contributed by atoms with Crippen LogP contribution in [0.3, 0.4) is 0 Å². The van der Waals surface area contributed by atoms with Gasteiger partial charge in [-0.25, -0.2) is 0 Å². The predicted octanol–water partition coefficient (Wildman–Crippen LogP) is 1.81. The molecule has 2 aliphatic heterocycles. The SMILES string of the molecule is c1ccc2c(c1)Oc1cncc3c1B2c1ccccc1O3. The molecule has 2 aliphatic rings. The standard InChI is InChI=1S/C17H10BNO2/c1-3-7-13-11(5-1)18-12-6-2-4-8-14(12)21-16-10-19-9-15(20-13)17(16)18/h1-10H. The average Bonchev–Trinajstić information content (AvgIpc) is 2.54. The van der Waals surface area contributed by atoms with E-state index in [1.807, 2.05) is 36.4 Å². The smallest absolute Gasteiger partial charge is 0.260 e. The first-order valence-electron chi connectivity index (χ1n) is 6.93. The van der Waals surface area contributed by atoms with E-state index in [9.17, 15) is 0 Å². The van der Waals surface area contributed by atoms with Gasteiger partial charge in [-0.3, -0.25) is 4.98 Å². The molecule has 0 radical (unpaired) electrons. The molecular formula is C17H10BNO2. The summed E-state index contributed by atoms with van der Waals surface area (Å²) < 4.78 is 12.0.